The third-order valence-electron chi connectivity index (χ3n) is 3.09. The summed E-state index contributed by atoms with van der Waals surface area (Å²) in [7, 11) is 2.07. The van der Waals surface area contributed by atoms with Gasteiger partial charge in [0.05, 0.1) is 13.6 Å². The lowest BCUT2D eigenvalue weighted by Gasteiger charge is -2.00. The fourth-order valence-corrected chi connectivity index (χ4v) is 2.06. The minimum atomic E-state index is 0. The Labute approximate surface area is 112 Å². The van der Waals surface area contributed by atoms with E-state index in [2.05, 4.69) is 41.8 Å². The minimum Gasteiger partial charge on any atom is -1.00 e. The summed E-state index contributed by atoms with van der Waals surface area (Å²) in [5.74, 6) is 0. The summed E-state index contributed by atoms with van der Waals surface area (Å²) in [6.45, 7) is 3.45. The van der Waals surface area contributed by atoms with Gasteiger partial charge < -0.3 is 12.4 Å². The topological polar surface area (TPSA) is 8.81 Å². The van der Waals surface area contributed by atoms with Gasteiger partial charge in [0.1, 0.15) is 12.4 Å². The number of halogens is 1. The monoisotopic (exact) mass is 258 g/mol. The summed E-state index contributed by atoms with van der Waals surface area (Å²) in [5.41, 5.74) is 0. The zero-order chi connectivity index (χ0) is 11.6. The lowest BCUT2D eigenvalue weighted by atomic mass is 10.1. The molecule has 0 bridgehead atoms. The number of rotatable bonds is 9. The first kappa shape index (κ1) is 16.5. The summed E-state index contributed by atoms with van der Waals surface area (Å²) in [6, 6.07) is 0. The van der Waals surface area contributed by atoms with Crippen molar-refractivity contribution < 1.29 is 17.0 Å². The molecule has 0 atom stereocenters. The third kappa shape index (κ3) is 8.25. The van der Waals surface area contributed by atoms with Gasteiger partial charge in [0.25, 0.3) is 0 Å². The van der Waals surface area contributed by atoms with E-state index in [4.69, 9.17) is 0 Å². The van der Waals surface area contributed by atoms with Gasteiger partial charge in [-0.15, -0.1) is 0 Å². The quantitative estimate of drug-likeness (QED) is 0.450. The van der Waals surface area contributed by atoms with E-state index < -0.39 is 0 Å². The lowest BCUT2D eigenvalue weighted by Crippen LogP contribution is -3.00. The number of hydrogen-bond acceptors (Lipinski definition) is 0. The van der Waals surface area contributed by atoms with Crippen molar-refractivity contribution in [2.45, 2.75) is 64.8 Å². The molecule has 100 valence electrons. The zero-order valence-electron chi connectivity index (χ0n) is 11.4. The summed E-state index contributed by atoms with van der Waals surface area (Å²) < 4.78 is 4.38. The summed E-state index contributed by atoms with van der Waals surface area (Å²) in [5, 5.41) is 0. The molecule has 0 fully saturated rings. The first-order valence-electron chi connectivity index (χ1n) is 6.84. The Morgan fingerprint density at radius 2 is 1.53 bits per heavy atom. The highest BCUT2D eigenvalue weighted by Crippen LogP contribution is 2.08. The Hall–Kier alpha value is -0.500. The van der Waals surface area contributed by atoms with Gasteiger partial charge >= 0.3 is 0 Å². The van der Waals surface area contributed by atoms with Gasteiger partial charge in [-0.05, 0) is 12.8 Å². The predicted octanol–water partition coefficient (Wildman–Crippen LogP) is 0.457. The Morgan fingerprint density at radius 3 is 2.06 bits per heavy atom. The van der Waals surface area contributed by atoms with Gasteiger partial charge in [-0.1, -0.05) is 45.4 Å². The second-order valence-electron chi connectivity index (χ2n) is 4.79. The average molecular weight is 259 g/mol. The van der Waals surface area contributed by atoms with Crippen LogP contribution in [0.3, 0.4) is 0 Å². The largest absolute Gasteiger partial charge is 1.00 e. The third-order valence-corrected chi connectivity index (χ3v) is 3.09. The summed E-state index contributed by atoms with van der Waals surface area (Å²) in [6.07, 6.45) is 17.6. The van der Waals surface area contributed by atoms with Gasteiger partial charge in [0.15, 0.2) is 0 Å². The number of nitrogens with zero attached hydrogens (tertiary/aromatic N) is 2. The Bertz CT molecular complexity index is 271. The first-order chi connectivity index (χ1) is 7.83. The molecule has 0 unspecified atom stereocenters. The van der Waals surface area contributed by atoms with Gasteiger partial charge in [-0.3, -0.25) is 0 Å². The van der Waals surface area contributed by atoms with E-state index in [0.29, 0.717) is 0 Å². The van der Waals surface area contributed by atoms with Crippen LogP contribution in [0, 0.1) is 0 Å². The number of unbranched alkanes of at least 4 members (excludes halogenated alkanes) is 7. The molecule has 1 heterocycles. The maximum Gasteiger partial charge on any atom is 0.243 e. The van der Waals surface area contributed by atoms with Crippen LogP contribution in [0.5, 0.6) is 0 Å². The van der Waals surface area contributed by atoms with Crippen LogP contribution in [0.2, 0.25) is 0 Å². The number of hydrogen-bond donors (Lipinski definition) is 0. The van der Waals surface area contributed by atoms with Crippen LogP contribution in [0.1, 0.15) is 58.3 Å². The van der Waals surface area contributed by atoms with Crippen molar-refractivity contribution in [3.63, 3.8) is 0 Å². The second kappa shape index (κ2) is 10.6. The van der Waals surface area contributed by atoms with Crippen LogP contribution in [-0.4, -0.2) is 4.57 Å². The number of imidazole rings is 1. The molecule has 3 heteroatoms. The molecule has 1 aromatic rings. The second-order valence-corrected chi connectivity index (χ2v) is 4.79. The van der Waals surface area contributed by atoms with Crippen molar-refractivity contribution in [2.75, 3.05) is 0 Å². The average Bonchev–Trinajstić information content (AvgIpc) is 2.68. The highest BCUT2D eigenvalue weighted by molar-refractivity contribution is 4.65. The summed E-state index contributed by atoms with van der Waals surface area (Å²) in [4.78, 5) is 0. The Balaban J connectivity index is 0.00000256. The molecule has 0 aliphatic rings. The van der Waals surface area contributed by atoms with Crippen molar-refractivity contribution in [1.29, 1.82) is 0 Å². The SMILES string of the molecule is CCCCCCCCCCn1cc[n+](C)c1.[Cl-]. The van der Waals surface area contributed by atoms with Crippen LogP contribution in [0.25, 0.3) is 0 Å². The number of aromatic nitrogens is 2. The van der Waals surface area contributed by atoms with E-state index in [1.54, 1.807) is 0 Å². The Kier molecular flexibility index (Phi) is 10.3. The molecule has 1 rings (SSSR count). The van der Waals surface area contributed by atoms with E-state index >= 15 is 0 Å². The maximum atomic E-state index is 2.27. The molecule has 1 aromatic heterocycles. The first-order valence-corrected chi connectivity index (χ1v) is 6.84. The predicted molar refractivity (Wildman–Crippen MR) is 68.2 cm³/mol. The molecule has 0 radical (unpaired) electrons. The van der Waals surface area contributed by atoms with Crippen LogP contribution < -0.4 is 17.0 Å². The van der Waals surface area contributed by atoms with Crippen molar-refractivity contribution in [1.82, 2.24) is 4.57 Å². The van der Waals surface area contributed by atoms with E-state index in [9.17, 15) is 0 Å². The minimum absolute atomic E-state index is 0. The molecule has 0 amide bonds. The summed E-state index contributed by atoms with van der Waals surface area (Å²) >= 11 is 0. The molecule has 0 aliphatic carbocycles. The molecule has 2 nitrogen and oxygen atoms in total. The van der Waals surface area contributed by atoms with Crippen molar-refractivity contribution >= 4 is 0 Å². The van der Waals surface area contributed by atoms with Crippen LogP contribution in [0.4, 0.5) is 0 Å². The molecule has 0 N–H and O–H groups in total. The maximum absolute atomic E-state index is 2.27. The van der Waals surface area contributed by atoms with E-state index in [1.165, 1.54) is 57.9 Å². The molecule has 0 spiro atoms. The van der Waals surface area contributed by atoms with Crippen molar-refractivity contribution in [3.05, 3.63) is 18.7 Å². The normalized spacial score (nSPS) is 10.2. The standard InChI is InChI=1S/C14H27N2.ClH/c1-3-4-5-6-7-8-9-10-11-16-13-12-15(2)14-16;/h12-14H,3-11H2,1-2H3;1H/q+1;/p-1. The lowest BCUT2D eigenvalue weighted by molar-refractivity contribution is -0.671. The Morgan fingerprint density at radius 1 is 0.941 bits per heavy atom. The van der Waals surface area contributed by atoms with Crippen molar-refractivity contribution in [3.8, 4) is 0 Å². The van der Waals surface area contributed by atoms with Gasteiger partial charge in [0, 0.05) is 0 Å². The molecule has 0 aliphatic heterocycles. The molecule has 17 heavy (non-hydrogen) atoms. The van der Waals surface area contributed by atoms with Crippen LogP contribution in [0.15, 0.2) is 18.7 Å². The van der Waals surface area contributed by atoms with E-state index in [-0.39, 0.29) is 12.4 Å². The molecular formula is C14H27ClN2. The van der Waals surface area contributed by atoms with E-state index in [1.807, 2.05) is 0 Å². The van der Waals surface area contributed by atoms with Crippen LogP contribution >= 0.6 is 0 Å². The number of aryl methyl sites for hydroxylation is 2. The van der Waals surface area contributed by atoms with E-state index in [0.717, 1.165) is 0 Å². The zero-order valence-corrected chi connectivity index (χ0v) is 12.1. The highest BCUT2D eigenvalue weighted by atomic mass is 35.5. The highest BCUT2D eigenvalue weighted by Gasteiger charge is 1.98. The van der Waals surface area contributed by atoms with Gasteiger partial charge in [-0.25, -0.2) is 9.13 Å². The smallest absolute Gasteiger partial charge is 0.243 e. The molecule has 0 aromatic carbocycles. The molecule has 0 saturated carbocycles. The van der Waals surface area contributed by atoms with Gasteiger partial charge in [0.2, 0.25) is 6.33 Å². The van der Waals surface area contributed by atoms with Crippen LogP contribution in [-0.2, 0) is 13.6 Å². The molecule has 0 saturated heterocycles. The van der Waals surface area contributed by atoms with Gasteiger partial charge in [-0.2, -0.15) is 0 Å². The van der Waals surface area contributed by atoms with Crippen molar-refractivity contribution in [2.24, 2.45) is 7.05 Å². The fraction of sp³-hybridized carbons (Fsp3) is 0.786. The fourth-order valence-electron chi connectivity index (χ4n) is 2.06. The molecular weight excluding hydrogens is 232 g/mol.